The predicted octanol–water partition coefficient (Wildman–Crippen LogP) is 1.69. The van der Waals surface area contributed by atoms with Gasteiger partial charge in [-0.2, -0.15) is 0 Å². The molecule has 4 rings (SSSR count). The maximum Gasteiger partial charge on any atom is 0.229 e. The first kappa shape index (κ1) is 14.4. The molecule has 1 saturated carbocycles. The number of carbonyl (C=O) groups excluding carboxylic acids is 1. The van der Waals surface area contributed by atoms with Crippen LogP contribution in [0.4, 0.5) is 0 Å². The van der Waals surface area contributed by atoms with Crippen LogP contribution >= 0.6 is 0 Å². The van der Waals surface area contributed by atoms with Gasteiger partial charge in [-0.25, -0.2) is 0 Å². The summed E-state index contributed by atoms with van der Waals surface area (Å²) in [6, 6.07) is 2.02. The SMILES string of the molecule is Cc1cc(CC(=O)N2CCC[C@H]2Cn2cc(C3CC3)nn2)no1. The van der Waals surface area contributed by atoms with Gasteiger partial charge in [0.25, 0.3) is 0 Å². The average molecular weight is 315 g/mol. The molecule has 23 heavy (non-hydrogen) atoms. The van der Waals surface area contributed by atoms with Crippen molar-refractivity contribution in [3.8, 4) is 0 Å². The zero-order chi connectivity index (χ0) is 15.8. The molecule has 2 fully saturated rings. The predicted molar refractivity (Wildman–Crippen MR) is 81.7 cm³/mol. The number of likely N-dealkylation sites (tertiary alicyclic amines) is 1. The van der Waals surface area contributed by atoms with Crippen LogP contribution in [0.15, 0.2) is 16.8 Å². The number of aromatic nitrogens is 4. The van der Waals surface area contributed by atoms with Gasteiger partial charge in [0.05, 0.1) is 30.4 Å². The molecule has 2 aromatic rings. The Labute approximate surface area is 134 Å². The molecule has 7 heteroatoms. The summed E-state index contributed by atoms with van der Waals surface area (Å²) < 4.78 is 6.93. The summed E-state index contributed by atoms with van der Waals surface area (Å²) in [5.74, 6) is 1.46. The van der Waals surface area contributed by atoms with E-state index in [1.807, 2.05) is 28.8 Å². The molecular weight excluding hydrogens is 294 g/mol. The van der Waals surface area contributed by atoms with Crippen LogP contribution < -0.4 is 0 Å². The molecule has 0 bridgehead atoms. The van der Waals surface area contributed by atoms with Gasteiger partial charge in [-0.3, -0.25) is 9.48 Å². The van der Waals surface area contributed by atoms with E-state index in [9.17, 15) is 4.79 Å². The summed E-state index contributed by atoms with van der Waals surface area (Å²) in [5, 5.41) is 12.4. The fourth-order valence-corrected chi connectivity index (χ4v) is 3.30. The van der Waals surface area contributed by atoms with Gasteiger partial charge in [0.1, 0.15) is 5.76 Å². The lowest BCUT2D eigenvalue weighted by Crippen LogP contribution is -2.39. The molecule has 0 aromatic carbocycles. The van der Waals surface area contributed by atoms with E-state index in [4.69, 9.17) is 4.52 Å². The van der Waals surface area contributed by atoms with Crippen LogP contribution in [0.5, 0.6) is 0 Å². The van der Waals surface area contributed by atoms with E-state index in [0.717, 1.165) is 37.4 Å². The van der Waals surface area contributed by atoms with Crippen molar-refractivity contribution in [1.82, 2.24) is 25.1 Å². The Morgan fingerprint density at radius 3 is 3.00 bits per heavy atom. The molecule has 3 heterocycles. The van der Waals surface area contributed by atoms with Crippen LogP contribution in [-0.2, 0) is 17.8 Å². The van der Waals surface area contributed by atoms with Crippen molar-refractivity contribution in [2.75, 3.05) is 6.54 Å². The van der Waals surface area contributed by atoms with E-state index < -0.39 is 0 Å². The highest BCUT2D eigenvalue weighted by Gasteiger charge is 2.31. The summed E-state index contributed by atoms with van der Waals surface area (Å²) in [5.41, 5.74) is 1.80. The fourth-order valence-electron chi connectivity index (χ4n) is 3.30. The lowest BCUT2D eigenvalue weighted by Gasteiger charge is -2.24. The Balaban J connectivity index is 1.39. The molecule has 0 unspecified atom stereocenters. The van der Waals surface area contributed by atoms with Gasteiger partial charge in [-0.15, -0.1) is 5.10 Å². The van der Waals surface area contributed by atoms with E-state index in [-0.39, 0.29) is 11.9 Å². The van der Waals surface area contributed by atoms with Gasteiger partial charge >= 0.3 is 0 Å². The van der Waals surface area contributed by atoms with Crippen molar-refractivity contribution in [1.29, 1.82) is 0 Å². The van der Waals surface area contributed by atoms with Crippen molar-refractivity contribution in [2.24, 2.45) is 0 Å². The van der Waals surface area contributed by atoms with E-state index in [1.54, 1.807) is 0 Å². The quantitative estimate of drug-likeness (QED) is 0.839. The Hall–Kier alpha value is -2.18. The largest absolute Gasteiger partial charge is 0.361 e. The van der Waals surface area contributed by atoms with Gasteiger partial charge in [0.2, 0.25) is 5.91 Å². The molecule has 0 radical (unpaired) electrons. The van der Waals surface area contributed by atoms with E-state index >= 15 is 0 Å². The minimum Gasteiger partial charge on any atom is -0.361 e. The number of hydrogen-bond donors (Lipinski definition) is 0. The summed E-state index contributed by atoms with van der Waals surface area (Å²) in [6.45, 7) is 3.37. The third-order valence-corrected chi connectivity index (χ3v) is 4.66. The molecule has 0 N–H and O–H groups in total. The van der Waals surface area contributed by atoms with Crippen LogP contribution in [0.2, 0.25) is 0 Å². The second kappa shape index (κ2) is 5.79. The van der Waals surface area contributed by atoms with Gasteiger partial charge in [-0.05, 0) is 32.6 Å². The molecule has 1 aliphatic carbocycles. The molecule has 1 saturated heterocycles. The number of nitrogens with zero attached hydrogens (tertiary/aromatic N) is 5. The molecule has 122 valence electrons. The first-order valence-electron chi connectivity index (χ1n) is 8.31. The van der Waals surface area contributed by atoms with Crippen molar-refractivity contribution >= 4 is 5.91 Å². The smallest absolute Gasteiger partial charge is 0.229 e. The highest BCUT2D eigenvalue weighted by molar-refractivity contribution is 5.78. The zero-order valence-electron chi connectivity index (χ0n) is 13.3. The molecule has 2 aliphatic rings. The van der Waals surface area contributed by atoms with Crippen molar-refractivity contribution in [3.05, 3.63) is 29.4 Å². The van der Waals surface area contributed by atoms with E-state index in [2.05, 4.69) is 15.5 Å². The molecule has 0 spiro atoms. The number of rotatable bonds is 5. The summed E-state index contributed by atoms with van der Waals surface area (Å²) >= 11 is 0. The monoisotopic (exact) mass is 315 g/mol. The minimum absolute atomic E-state index is 0.114. The lowest BCUT2D eigenvalue weighted by molar-refractivity contribution is -0.131. The third kappa shape index (κ3) is 3.13. The highest BCUT2D eigenvalue weighted by atomic mass is 16.5. The molecule has 1 amide bonds. The van der Waals surface area contributed by atoms with Crippen LogP contribution in [0.3, 0.4) is 0 Å². The Morgan fingerprint density at radius 1 is 1.39 bits per heavy atom. The molecule has 1 atom stereocenters. The highest BCUT2D eigenvalue weighted by Crippen LogP contribution is 2.38. The summed E-state index contributed by atoms with van der Waals surface area (Å²) in [6.07, 6.45) is 6.85. The third-order valence-electron chi connectivity index (χ3n) is 4.66. The second-order valence-corrected chi connectivity index (χ2v) is 6.63. The van der Waals surface area contributed by atoms with E-state index in [0.29, 0.717) is 18.0 Å². The Kier molecular flexibility index (Phi) is 3.63. The number of amides is 1. The number of aryl methyl sites for hydroxylation is 1. The maximum atomic E-state index is 12.5. The zero-order valence-corrected chi connectivity index (χ0v) is 13.3. The fraction of sp³-hybridized carbons (Fsp3) is 0.625. The van der Waals surface area contributed by atoms with Gasteiger partial charge < -0.3 is 9.42 Å². The van der Waals surface area contributed by atoms with Crippen LogP contribution in [0.1, 0.15) is 48.7 Å². The normalized spacial score (nSPS) is 21.1. The Bertz CT molecular complexity index is 703. The van der Waals surface area contributed by atoms with Crippen molar-refractivity contribution in [2.45, 2.75) is 57.5 Å². The van der Waals surface area contributed by atoms with Crippen LogP contribution in [0.25, 0.3) is 0 Å². The number of hydrogen-bond acceptors (Lipinski definition) is 5. The first-order valence-corrected chi connectivity index (χ1v) is 8.31. The molecule has 7 nitrogen and oxygen atoms in total. The topological polar surface area (TPSA) is 77.1 Å². The summed E-state index contributed by atoms with van der Waals surface area (Å²) in [7, 11) is 0. The number of carbonyl (C=O) groups is 1. The van der Waals surface area contributed by atoms with Gasteiger partial charge in [0.15, 0.2) is 0 Å². The van der Waals surface area contributed by atoms with E-state index in [1.165, 1.54) is 12.8 Å². The maximum absolute atomic E-state index is 12.5. The summed E-state index contributed by atoms with van der Waals surface area (Å²) in [4.78, 5) is 14.5. The molecule has 2 aromatic heterocycles. The first-order chi connectivity index (χ1) is 11.2. The molecule has 1 aliphatic heterocycles. The van der Waals surface area contributed by atoms with Crippen molar-refractivity contribution < 1.29 is 9.32 Å². The lowest BCUT2D eigenvalue weighted by atomic mass is 10.2. The second-order valence-electron chi connectivity index (χ2n) is 6.63. The Morgan fingerprint density at radius 2 is 2.26 bits per heavy atom. The standard InChI is InChI=1S/C16H21N5O2/c1-11-7-13(18-23-11)8-16(22)21-6-2-3-14(21)9-20-10-15(17-19-20)12-4-5-12/h7,10,12,14H,2-6,8-9H2,1H3/t14-/m0/s1. The van der Waals surface area contributed by atoms with Crippen molar-refractivity contribution in [3.63, 3.8) is 0 Å². The van der Waals surface area contributed by atoms with Gasteiger partial charge in [0, 0.05) is 24.7 Å². The molecular formula is C16H21N5O2. The van der Waals surface area contributed by atoms with Gasteiger partial charge in [-0.1, -0.05) is 10.4 Å². The van der Waals surface area contributed by atoms with Crippen LogP contribution in [-0.4, -0.2) is 43.5 Å². The van der Waals surface area contributed by atoms with Crippen LogP contribution in [0, 0.1) is 6.92 Å². The average Bonchev–Trinajstić information content (AvgIpc) is 2.93. The minimum atomic E-state index is 0.114.